The number of nitrogens with one attached hydrogen (secondary N) is 1. The van der Waals surface area contributed by atoms with Crippen molar-refractivity contribution >= 4 is 11.8 Å². The average molecular weight is 423 g/mol. The quantitative estimate of drug-likeness (QED) is 0.703. The van der Waals surface area contributed by atoms with Gasteiger partial charge in [0.1, 0.15) is 29.6 Å². The lowest BCUT2D eigenvalue weighted by molar-refractivity contribution is -0.136. The van der Waals surface area contributed by atoms with Crippen molar-refractivity contribution in [3.8, 4) is 11.5 Å². The number of ether oxygens (including phenoxy) is 3. The summed E-state index contributed by atoms with van der Waals surface area (Å²) in [5, 5.41) is 3.24. The molecular weight excluding hydrogens is 398 g/mol. The SMILES string of the molecule is COC(=O)C1=C(C)NC2=C(C(=O)CCC2)C1c1ccc(COc2ccc(OC)cc2)o1. The molecule has 1 aromatic carbocycles. The van der Waals surface area contributed by atoms with E-state index in [1.54, 1.807) is 19.2 Å². The molecule has 0 saturated heterocycles. The minimum atomic E-state index is -0.591. The Hall–Kier alpha value is -3.48. The first-order valence-corrected chi connectivity index (χ1v) is 10.2. The van der Waals surface area contributed by atoms with Crippen LogP contribution in [0.5, 0.6) is 11.5 Å². The molecule has 1 aliphatic carbocycles. The first-order chi connectivity index (χ1) is 15.0. The number of hydrogen-bond donors (Lipinski definition) is 1. The summed E-state index contributed by atoms with van der Waals surface area (Å²) in [7, 11) is 2.94. The number of ketones is 1. The van der Waals surface area contributed by atoms with E-state index in [0.29, 0.717) is 40.5 Å². The average Bonchev–Trinajstić information content (AvgIpc) is 3.25. The van der Waals surface area contributed by atoms with Crippen LogP contribution in [-0.4, -0.2) is 26.0 Å². The Kier molecular flexibility index (Phi) is 5.84. The fourth-order valence-electron chi connectivity index (χ4n) is 4.10. The van der Waals surface area contributed by atoms with Gasteiger partial charge in [-0.15, -0.1) is 0 Å². The highest BCUT2D eigenvalue weighted by molar-refractivity contribution is 6.03. The van der Waals surface area contributed by atoms with Crippen LogP contribution in [0.4, 0.5) is 0 Å². The number of allylic oxidation sites excluding steroid dienone is 3. The molecule has 0 bridgehead atoms. The van der Waals surface area contributed by atoms with E-state index in [2.05, 4.69) is 5.32 Å². The maximum Gasteiger partial charge on any atom is 0.336 e. The maximum absolute atomic E-state index is 12.8. The highest BCUT2D eigenvalue weighted by atomic mass is 16.5. The summed E-state index contributed by atoms with van der Waals surface area (Å²) in [5.74, 6) is 1.50. The summed E-state index contributed by atoms with van der Waals surface area (Å²) in [6.45, 7) is 2.03. The predicted molar refractivity (Wildman–Crippen MR) is 113 cm³/mol. The summed E-state index contributed by atoms with van der Waals surface area (Å²) in [6.07, 6.45) is 2.01. The van der Waals surface area contributed by atoms with E-state index in [4.69, 9.17) is 18.6 Å². The minimum Gasteiger partial charge on any atom is -0.497 e. The molecule has 1 aromatic heterocycles. The number of carbonyl (C=O) groups is 2. The van der Waals surface area contributed by atoms with Crippen LogP contribution >= 0.6 is 0 Å². The van der Waals surface area contributed by atoms with Crippen LogP contribution in [0, 0.1) is 0 Å². The highest BCUT2D eigenvalue weighted by Gasteiger charge is 2.40. The van der Waals surface area contributed by atoms with Gasteiger partial charge in [-0.05, 0) is 56.2 Å². The number of methoxy groups -OCH3 is 2. The standard InChI is InChI=1S/C24H25NO6/c1-14-21(24(27)29-3)23(22-18(25-14)5-4-6-19(22)26)20-12-11-17(31-20)13-30-16-9-7-15(28-2)8-10-16/h7-12,23,25H,4-6,13H2,1-3H3. The molecule has 7 heteroatoms. The number of dihydropyridines is 1. The second-order valence-electron chi connectivity index (χ2n) is 7.53. The van der Waals surface area contributed by atoms with E-state index >= 15 is 0 Å². The molecule has 2 aliphatic rings. The summed E-state index contributed by atoms with van der Waals surface area (Å²) in [6, 6.07) is 10.9. The van der Waals surface area contributed by atoms with E-state index < -0.39 is 11.9 Å². The fraction of sp³-hybridized carbons (Fsp3) is 0.333. The van der Waals surface area contributed by atoms with Gasteiger partial charge in [-0.3, -0.25) is 4.79 Å². The van der Waals surface area contributed by atoms with Crippen LogP contribution in [0.3, 0.4) is 0 Å². The third kappa shape index (κ3) is 4.08. The topological polar surface area (TPSA) is 87.0 Å². The van der Waals surface area contributed by atoms with Crippen molar-refractivity contribution < 1.29 is 28.2 Å². The minimum absolute atomic E-state index is 0.0279. The monoisotopic (exact) mass is 423 g/mol. The van der Waals surface area contributed by atoms with Gasteiger partial charge in [0.25, 0.3) is 0 Å². The number of furan rings is 1. The Bertz CT molecular complexity index is 1060. The molecule has 0 spiro atoms. The lowest BCUT2D eigenvalue weighted by atomic mass is 9.77. The zero-order chi connectivity index (χ0) is 22.0. The van der Waals surface area contributed by atoms with Crippen LogP contribution in [0.15, 0.2) is 63.4 Å². The number of rotatable bonds is 6. The second-order valence-corrected chi connectivity index (χ2v) is 7.53. The third-order valence-corrected chi connectivity index (χ3v) is 5.59. The van der Waals surface area contributed by atoms with Gasteiger partial charge in [0.05, 0.1) is 25.7 Å². The fourth-order valence-corrected chi connectivity index (χ4v) is 4.10. The summed E-state index contributed by atoms with van der Waals surface area (Å²) in [5.41, 5.74) is 2.53. The van der Waals surface area contributed by atoms with E-state index in [0.717, 1.165) is 24.3 Å². The van der Waals surface area contributed by atoms with Gasteiger partial charge in [0.15, 0.2) is 5.78 Å². The summed E-state index contributed by atoms with van der Waals surface area (Å²) < 4.78 is 22.0. The van der Waals surface area contributed by atoms with Gasteiger partial charge >= 0.3 is 5.97 Å². The van der Waals surface area contributed by atoms with Gasteiger partial charge < -0.3 is 23.9 Å². The van der Waals surface area contributed by atoms with E-state index in [1.807, 2.05) is 31.2 Å². The molecule has 2 aromatic rings. The van der Waals surface area contributed by atoms with Crippen molar-refractivity contribution in [2.45, 2.75) is 38.7 Å². The molecule has 31 heavy (non-hydrogen) atoms. The van der Waals surface area contributed by atoms with Gasteiger partial charge in [-0.25, -0.2) is 4.79 Å². The van der Waals surface area contributed by atoms with Gasteiger partial charge in [-0.1, -0.05) is 0 Å². The van der Waals surface area contributed by atoms with Crippen molar-refractivity contribution in [1.29, 1.82) is 0 Å². The number of esters is 1. The highest BCUT2D eigenvalue weighted by Crippen LogP contribution is 2.43. The normalized spacial score (nSPS) is 18.4. The van der Waals surface area contributed by atoms with Crippen molar-refractivity contribution in [3.63, 3.8) is 0 Å². The number of benzene rings is 1. The number of Topliss-reactive ketones (excluding diaryl/α,β-unsaturated/α-hetero) is 1. The van der Waals surface area contributed by atoms with Gasteiger partial charge in [-0.2, -0.15) is 0 Å². The molecule has 1 atom stereocenters. The lowest BCUT2D eigenvalue weighted by Crippen LogP contribution is -2.34. The lowest BCUT2D eigenvalue weighted by Gasteiger charge is -2.32. The predicted octanol–water partition coefficient (Wildman–Crippen LogP) is 4.01. The zero-order valence-corrected chi connectivity index (χ0v) is 17.8. The van der Waals surface area contributed by atoms with Crippen molar-refractivity contribution in [2.75, 3.05) is 14.2 Å². The molecule has 7 nitrogen and oxygen atoms in total. The first-order valence-electron chi connectivity index (χ1n) is 10.2. The Morgan fingerprint density at radius 2 is 1.84 bits per heavy atom. The first kappa shape index (κ1) is 20.8. The largest absolute Gasteiger partial charge is 0.497 e. The van der Waals surface area contributed by atoms with E-state index in [1.165, 1.54) is 7.11 Å². The van der Waals surface area contributed by atoms with Crippen LogP contribution < -0.4 is 14.8 Å². The Morgan fingerprint density at radius 1 is 1.10 bits per heavy atom. The zero-order valence-electron chi connectivity index (χ0n) is 17.8. The molecule has 162 valence electrons. The Morgan fingerprint density at radius 3 is 2.55 bits per heavy atom. The van der Waals surface area contributed by atoms with Gasteiger partial charge in [0.2, 0.25) is 0 Å². The third-order valence-electron chi connectivity index (χ3n) is 5.59. The van der Waals surface area contributed by atoms with Crippen LogP contribution in [-0.2, 0) is 20.9 Å². The molecule has 1 N–H and O–H groups in total. The second kappa shape index (κ2) is 8.71. The molecular formula is C24H25NO6. The van der Waals surface area contributed by atoms with Gasteiger partial charge in [0, 0.05) is 23.4 Å². The van der Waals surface area contributed by atoms with Crippen LogP contribution in [0.2, 0.25) is 0 Å². The van der Waals surface area contributed by atoms with Crippen molar-refractivity contribution in [2.24, 2.45) is 0 Å². The van der Waals surface area contributed by atoms with Crippen molar-refractivity contribution in [3.05, 3.63) is 70.5 Å². The van der Waals surface area contributed by atoms with Crippen LogP contribution in [0.1, 0.15) is 43.6 Å². The van der Waals surface area contributed by atoms with E-state index in [-0.39, 0.29) is 12.4 Å². The van der Waals surface area contributed by atoms with Crippen molar-refractivity contribution in [1.82, 2.24) is 5.32 Å². The van der Waals surface area contributed by atoms with E-state index in [9.17, 15) is 9.59 Å². The molecule has 1 unspecified atom stereocenters. The molecule has 0 fully saturated rings. The molecule has 0 saturated carbocycles. The molecule has 0 radical (unpaired) electrons. The summed E-state index contributed by atoms with van der Waals surface area (Å²) >= 11 is 0. The Labute approximate surface area is 180 Å². The Balaban J connectivity index is 1.61. The maximum atomic E-state index is 12.8. The molecule has 0 amide bonds. The number of carbonyl (C=O) groups excluding carboxylic acids is 2. The molecule has 4 rings (SSSR count). The summed E-state index contributed by atoms with van der Waals surface area (Å²) in [4.78, 5) is 25.4. The molecule has 1 aliphatic heterocycles. The number of hydrogen-bond acceptors (Lipinski definition) is 7. The van der Waals surface area contributed by atoms with Crippen LogP contribution in [0.25, 0.3) is 0 Å². The molecule has 2 heterocycles. The smallest absolute Gasteiger partial charge is 0.336 e.